The Hall–Kier alpha value is -4.35. The first-order valence-corrected chi connectivity index (χ1v) is 13.2. The van der Waals surface area contributed by atoms with Gasteiger partial charge in [0.15, 0.2) is 5.78 Å². The summed E-state index contributed by atoms with van der Waals surface area (Å²) in [4.78, 5) is 26.6. The van der Waals surface area contributed by atoms with Gasteiger partial charge in [-0.05, 0) is 74.9 Å². The Balaban J connectivity index is 1.48. The number of carbonyl (C=O) groups excluding carboxylic acids is 1. The number of ketones is 1. The molecule has 0 unspecified atom stereocenters. The molecule has 1 aliphatic rings. The number of hydrogen-bond acceptors (Lipinski definition) is 8. The predicted molar refractivity (Wildman–Crippen MR) is 152 cm³/mol. The standard InChI is InChI=1S/C31H32N6O2/c1-20-11-12-23-21(17-27(38)31(2,3)19-32)7-4-9-24(23)28(20)39-29-25(10-6-15-34-29)26-13-16-35-30(37-26)36-22-8-5-14-33-18-22/h4,6-7,9-13,15-16,22,33H,5,8,14,17-18H2,1-3H3,(H,35,36,37)/t22-/m0/s1. The van der Waals surface area contributed by atoms with Crippen molar-refractivity contribution in [2.75, 3.05) is 18.4 Å². The Labute approximate surface area is 228 Å². The summed E-state index contributed by atoms with van der Waals surface area (Å²) in [7, 11) is 0. The number of piperidine rings is 1. The SMILES string of the molecule is Cc1ccc2c(CC(=O)C(C)(C)C#N)cccc2c1Oc1ncccc1-c1ccnc(N[C@H]2CCCNC2)n1. The number of benzene rings is 2. The molecule has 39 heavy (non-hydrogen) atoms. The van der Waals surface area contributed by atoms with E-state index in [-0.39, 0.29) is 18.2 Å². The highest BCUT2D eigenvalue weighted by molar-refractivity contribution is 5.97. The van der Waals surface area contributed by atoms with E-state index in [2.05, 4.69) is 26.7 Å². The first-order chi connectivity index (χ1) is 18.9. The zero-order valence-electron chi connectivity index (χ0n) is 22.5. The number of hydrogen-bond donors (Lipinski definition) is 2. The Morgan fingerprint density at radius 2 is 2.00 bits per heavy atom. The van der Waals surface area contributed by atoms with E-state index < -0.39 is 5.41 Å². The Morgan fingerprint density at radius 3 is 2.79 bits per heavy atom. The number of ether oxygens (including phenoxy) is 1. The van der Waals surface area contributed by atoms with Crippen LogP contribution >= 0.6 is 0 Å². The number of nitriles is 1. The third-order valence-electron chi connectivity index (χ3n) is 7.16. The van der Waals surface area contributed by atoms with Gasteiger partial charge in [-0.25, -0.2) is 15.0 Å². The van der Waals surface area contributed by atoms with Gasteiger partial charge in [-0.15, -0.1) is 0 Å². The van der Waals surface area contributed by atoms with Crippen molar-refractivity contribution in [3.05, 3.63) is 72.1 Å². The summed E-state index contributed by atoms with van der Waals surface area (Å²) in [6.45, 7) is 7.22. The van der Waals surface area contributed by atoms with E-state index in [1.807, 2.05) is 55.5 Å². The van der Waals surface area contributed by atoms with Gasteiger partial charge in [-0.1, -0.05) is 30.3 Å². The molecule has 4 aromatic rings. The molecule has 8 nitrogen and oxygen atoms in total. The van der Waals surface area contributed by atoms with Crippen molar-refractivity contribution < 1.29 is 9.53 Å². The molecule has 1 aliphatic heterocycles. The minimum Gasteiger partial charge on any atom is -0.437 e. The molecule has 2 aromatic heterocycles. The number of nitrogens with one attached hydrogen (secondary N) is 2. The van der Waals surface area contributed by atoms with Crippen LogP contribution in [-0.2, 0) is 11.2 Å². The van der Waals surface area contributed by atoms with Crippen molar-refractivity contribution in [3.8, 4) is 29.0 Å². The van der Waals surface area contributed by atoms with Gasteiger partial charge in [0.25, 0.3) is 0 Å². The molecule has 8 heteroatoms. The number of rotatable bonds is 8. The summed E-state index contributed by atoms with van der Waals surface area (Å²) >= 11 is 0. The maximum absolute atomic E-state index is 12.8. The minimum atomic E-state index is -1.05. The van der Waals surface area contributed by atoms with Crippen LogP contribution in [0.15, 0.2) is 60.9 Å². The van der Waals surface area contributed by atoms with E-state index in [1.54, 1.807) is 26.2 Å². The maximum Gasteiger partial charge on any atom is 0.228 e. The number of fused-ring (bicyclic) bond motifs is 1. The third-order valence-corrected chi connectivity index (χ3v) is 7.16. The van der Waals surface area contributed by atoms with E-state index >= 15 is 0 Å². The average molecular weight is 521 g/mol. The fourth-order valence-electron chi connectivity index (χ4n) is 4.75. The Bertz CT molecular complexity index is 1550. The largest absolute Gasteiger partial charge is 0.437 e. The van der Waals surface area contributed by atoms with Crippen LogP contribution in [0.4, 0.5) is 5.95 Å². The second-order valence-corrected chi connectivity index (χ2v) is 10.5. The van der Waals surface area contributed by atoms with Crippen LogP contribution in [0, 0.1) is 23.7 Å². The summed E-state index contributed by atoms with van der Waals surface area (Å²) in [5, 5.41) is 18.0. The second-order valence-electron chi connectivity index (χ2n) is 10.5. The quantitative estimate of drug-likeness (QED) is 0.308. The summed E-state index contributed by atoms with van der Waals surface area (Å²) in [6, 6.07) is 17.9. The zero-order valence-corrected chi connectivity index (χ0v) is 22.5. The number of Topliss-reactive ketones (excluding diaryl/α,β-unsaturated/α-hetero) is 1. The molecule has 0 spiro atoms. The predicted octanol–water partition coefficient (Wildman–Crippen LogP) is 5.62. The normalized spacial score (nSPS) is 15.5. The summed E-state index contributed by atoms with van der Waals surface area (Å²) < 4.78 is 6.51. The van der Waals surface area contributed by atoms with Crippen molar-refractivity contribution in [1.82, 2.24) is 20.3 Å². The fraction of sp³-hybridized carbons (Fsp3) is 0.323. The van der Waals surface area contributed by atoms with Crippen molar-refractivity contribution in [1.29, 1.82) is 5.26 Å². The van der Waals surface area contributed by atoms with Crippen molar-refractivity contribution in [2.24, 2.45) is 5.41 Å². The lowest BCUT2D eigenvalue weighted by molar-refractivity contribution is -0.123. The van der Waals surface area contributed by atoms with Crippen LogP contribution in [0.3, 0.4) is 0 Å². The van der Waals surface area contributed by atoms with Gasteiger partial charge in [0.2, 0.25) is 11.8 Å². The number of nitrogens with zero attached hydrogens (tertiary/aromatic N) is 4. The first-order valence-electron chi connectivity index (χ1n) is 13.2. The van der Waals surface area contributed by atoms with Crippen molar-refractivity contribution >= 4 is 22.5 Å². The summed E-state index contributed by atoms with van der Waals surface area (Å²) in [5.74, 6) is 1.56. The van der Waals surface area contributed by atoms with E-state index in [1.165, 1.54) is 0 Å². The second kappa shape index (κ2) is 11.2. The molecule has 0 aliphatic carbocycles. The zero-order chi connectivity index (χ0) is 27.4. The molecule has 1 atom stereocenters. The van der Waals surface area contributed by atoms with Gasteiger partial charge >= 0.3 is 0 Å². The van der Waals surface area contributed by atoms with Gasteiger partial charge < -0.3 is 15.4 Å². The van der Waals surface area contributed by atoms with Crippen LogP contribution in [0.1, 0.15) is 37.8 Å². The Morgan fingerprint density at radius 1 is 1.13 bits per heavy atom. The van der Waals surface area contributed by atoms with Crippen LogP contribution in [0.2, 0.25) is 0 Å². The molecule has 1 saturated heterocycles. The number of aromatic nitrogens is 3. The van der Waals surface area contributed by atoms with Gasteiger partial charge in [0.05, 0.1) is 17.3 Å². The molecule has 0 amide bonds. The molecule has 3 heterocycles. The minimum absolute atomic E-state index is 0.121. The third kappa shape index (κ3) is 5.74. The molecular weight excluding hydrogens is 488 g/mol. The van der Waals surface area contributed by atoms with E-state index in [0.717, 1.165) is 53.4 Å². The molecule has 0 bridgehead atoms. The van der Waals surface area contributed by atoms with Gasteiger partial charge in [-0.2, -0.15) is 5.26 Å². The van der Waals surface area contributed by atoms with Crippen LogP contribution < -0.4 is 15.4 Å². The van der Waals surface area contributed by atoms with E-state index in [0.29, 0.717) is 23.3 Å². The molecule has 0 radical (unpaired) electrons. The Kier molecular flexibility index (Phi) is 7.53. The van der Waals surface area contributed by atoms with Crippen LogP contribution in [-0.4, -0.2) is 39.9 Å². The monoisotopic (exact) mass is 520 g/mol. The van der Waals surface area contributed by atoms with Gasteiger partial charge in [0, 0.05) is 36.8 Å². The molecule has 198 valence electrons. The molecule has 0 saturated carbocycles. The highest BCUT2D eigenvalue weighted by atomic mass is 16.5. The first kappa shape index (κ1) is 26.3. The van der Waals surface area contributed by atoms with Gasteiger partial charge in [0.1, 0.15) is 11.2 Å². The highest BCUT2D eigenvalue weighted by Crippen LogP contribution is 2.38. The average Bonchev–Trinajstić information content (AvgIpc) is 2.95. The number of carbonyl (C=O) groups is 1. The lowest BCUT2D eigenvalue weighted by Crippen LogP contribution is -2.38. The number of aryl methyl sites for hydroxylation is 1. The fourth-order valence-corrected chi connectivity index (χ4v) is 4.75. The molecule has 5 rings (SSSR count). The molecular formula is C31H32N6O2. The summed E-state index contributed by atoms with van der Waals surface area (Å²) in [5.41, 5.74) is 2.21. The lowest BCUT2D eigenvalue weighted by atomic mass is 9.85. The highest BCUT2D eigenvalue weighted by Gasteiger charge is 2.27. The number of pyridine rings is 1. The van der Waals surface area contributed by atoms with E-state index in [9.17, 15) is 10.1 Å². The van der Waals surface area contributed by atoms with Crippen molar-refractivity contribution in [3.63, 3.8) is 0 Å². The smallest absolute Gasteiger partial charge is 0.228 e. The molecule has 2 N–H and O–H groups in total. The van der Waals surface area contributed by atoms with Crippen LogP contribution in [0.25, 0.3) is 22.0 Å². The van der Waals surface area contributed by atoms with E-state index in [4.69, 9.17) is 9.72 Å². The molecule has 1 fully saturated rings. The topological polar surface area (TPSA) is 113 Å². The maximum atomic E-state index is 12.8. The van der Waals surface area contributed by atoms with Crippen LogP contribution in [0.5, 0.6) is 11.6 Å². The lowest BCUT2D eigenvalue weighted by Gasteiger charge is -2.23. The van der Waals surface area contributed by atoms with Gasteiger partial charge in [-0.3, -0.25) is 4.79 Å². The van der Waals surface area contributed by atoms with Crippen molar-refractivity contribution in [2.45, 2.75) is 46.1 Å². The summed E-state index contributed by atoms with van der Waals surface area (Å²) in [6.07, 6.45) is 5.80. The molecule has 2 aromatic carbocycles. The number of anilines is 1.